The maximum Gasteiger partial charge on any atom is 0.410 e. The van der Waals surface area contributed by atoms with Crippen molar-refractivity contribution in [3.63, 3.8) is 0 Å². The molecule has 0 bridgehead atoms. The first-order chi connectivity index (χ1) is 15.4. The van der Waals surface area contributed by atoms with E-state index in [0.29, 0.717) is 30.7 Å². The highest BCUT2D eigenvalue weighted by molar-refractivity contribution is 5.69. The highest BCUT2D eigenvalue weighted by atomic mass is 16.6. The lowest BCUT2D eigenvalue weighted by molar-refractivity contribution is 0.0199. The molecule has 1 aliphatic heterocycles. The quantitative estimate of drug-likeness (QED) is 0.587. The normalized spacial score (nSPS) is 18.8. The summed E-state index contributed by atoms with van der Waals surface area (Å²) in [6, 6.07) is 7.77. The van der Waals surface area contributed by atoms with Crippen LogP contribution in [0.25, 0.3) is 11.4 Å². The highest BCUT2D eigenvalue weighted by Crippen LogP contribution is 2.38. The summed E-state index contributed by atoms with van der Waals surface area (Å²) < 4.78 is 12.9. The third-order valence-electron chi connectivity index (χ3n) is 5.72. The Hall–Kier alpha value is -3.23. The Morgan fingerprint density at radius 1 is 1.19 bits per heavy atom. The second kappa shape index (κ2) is 8.03. The Morgan fingerprint density at radius 2 is 1.97 bits per heavy atom. The fourth-order valence-electron chi connectivity index (χ4n) is 3.95. The Balaban J connectivity index is 1.26. The van der Waals surface area contributed by atoms with Gasteiger partial charge >= 0.3 is 6.09 Å². The Kier molecular flexibility index (Phi) is 5.19. The van der Waals surface area contributed by atoms with Gasteiger partial charge in [0.05, 0.1) is 12.2 Å². The zero-order valence-electron chi connectivity index (χ0n) is 18.7. The van der Waals surface area contributed by atoms with E-state index in [-0.39, 0.29) is 12.1 Å². The van der Waals surface area contributed by atoms with Crippen molar-refractivity contribution in [3.05, 3.63) is 47.6 Å². The summed E-state index contributed by atoms with van der Waals surface area (Å²) in [6.45, 7) is 6.87. The van der Waals surface area contributed by atoms with Crippen molar-refractivity contribution in [1.82, 2.24) is 30.0 Å². The van der Waals surface area contributed by atoms with Gasteiger partial charge in [-0.1, -0.05) is 34.6 Å². The van der Waals surface area contributed by atoms with Crippen molar-refractivity contribution in [2.24, 2.45) is 0 Å². The van der Waals surface area contributed by atoms with Crippen LogP contribution in [-0.2, 0) is 11.3 Å². The molecule has 9 heteroatoms. The number of rotatable bonds is 5. The number of amides is 1. The van der Waals surface area contributed by atoms with E-state index in [1.165, 1.54) is 12.8 Å². The fraction of sp³-hybridized carbons (Fsp3) is 0.522. The molecule has 1 aromatic carbocycles. The summed E-state index contributed by atoms with van der Waals surface area (Å²) in [5.41, 5.74) is 2.53. The lowest BCUT2D eigenvalue weighted by atomic mass is 10.1. The van der Waals surface area contributed by atoms with E-state index in [1.807, 2.05) is 55.9 Å². The monoisotopic (exact) mass is 436 g/mol. The average molecular weight is 437 g/mol. The maximum atomic E-state index is 12.6. The summed E-state index contributed by atoms with van der Waals surface area (Å²) in [5, 5.41) is 12.6. The zero-order chi connectivity index (χ0) is 22.3. The van der Waals surface area contributed by atoms with Crippen molar-refractivity contribution in [1.29, 1.82) is 0 Å². The summed E-state index contributed by atoms with van der Waals surface area (Å²) in [7, 11) is 0. The number of ether oxygens (including phenoxy) is 1. The van der Waals surface area contributed by atoms with E-state index in [9.17, 15) is 4.79 Å². The molecule has 0 spiro atoms. The number of carbonyl (C=O) groups is 1. The maximum absolute atomic E-state index is 12.6. The number of nitrogens with zero attached hydrogens (tertiary/aromatic N) is 6. The third kappa shape index (κ3) is 4.51. The van der Waals surface area contributed by atoms with Gasteiger partial charge in [-0.05, 0) is 52.0 Å². The molecule has 5 rings (SSSR count). The molecular weight excluding hydrogens is 408 g/mol. The van der Waals surface area contributed by atoms with Gasteiger partial charge in [-0.3, -0.25) is 4.90 Å². The molecule has 168 valence electrons. The van der Waals surface area contributed by atoms with Gasteiger partial charge in [-0.25, -0.2) is 9.48 Å². The van der Waals surface area contributed by atoms with Crippen molar-refractivity contribution in [2.75, 3.05) is 6.54 Å². The van der Waals surface area contributed by atoms with Gasteiger partial charge in [-0.15, -0.1) is 5.10 Å². The van der Waals surface area contributed by atoms with Crippen LogP contribution in [0.2, 0.25) is 0 Å². The summed E-state index contributed by atoms with van der Waals surface area (Å²) in [6.07, 6.45) is 5.78. The van der Waals surface area contributed by atoms with Crippen LogP contribution in [0, 0.1) is 0 Å². The second-order valence-corrected chi connectivity index (χ2v) is 9.60. The number of carbonyl (C=O) groups excluding carboxylic acids is 1. The van der Waals surface area contributed by atoms with Gasteiger partial charge in [0.1, 0.15) is 11.6 Å². The number of hydrogen-bond acceptors (Lipinski definition) is 7. The molecule has 1 saturated carbocycles. The van der Waals surface area contributed by atoms with Crippen LogP contribution < -0.4 is 0 Å². The number of hydrogen-bond donors (Lipinski definition) is 0. The van der Waals surface area contributed by atoms with Gasteiger partial charge in [0.25, 0.3) is 0 Å². The van der Waals surface area contributed by atoms with Crippen LogP contribution in [0.15, 0.2) is 35.0 Å². The molecule has 1 saturated heterocycles. The van der Waals surface area contributed by atoms with Crippen LogP contribution in [0.3, 0.4) is 0 Å². The van der Waals surface area contributed by atoms with Crippen molar-refractivity contribution in [3.8, 4) is 11.4 Å². The van der Waals surface area contributed by atoms with Crippen LogP contribution in [0.4, 0.5) is 4.79 Å². The third-order valence-corrected chi connectivity index (χ3v) is 5.72. The first kappa shape index (κ1) is 20.7. The molecule has 0 unspecified atom stereocenters. The van der Waals surface area contributed by atoms with Crippen molar-refractivity contribution < 1.29 is 14.1 Å². The summed E-state index contributed by atoms with van der Waals surface area (Å²) >= 11 is 0. The average Bonchev–Trinajstić information content (AvgIpc) is 3.15. The first-order valence-electron chi connectivity index (χ1n) is 11.2. The molecule has 3 aromatic rings. The van der Waals surface area contributed by atoms with E-state index in [0.717, 1.165) is 29.7 Å². The van der Waals surface area contributed by atoms with Crippen LogP contribution in [-0.4, -0.2) is 48.3 Å². The van der Waals surface area contributed by atoms with Crippen LogP contribution >= 0.6 is 0 Å². The molecule has 1 aliphatic carbocycles. The predicted molar refractivity (Wildman–Crippen MR) is 116 cm³/mol. The first-order valence-corrected chi connectivity index (χ1v) is 11.2. The fourth-order valence-corrected chi connectivity index (χ4v) is 3.95. The standard InChI is InChI=1S/C23H28N6O3/c1-23(2,3)31-22(30)29-12-4-5-19(29)21-24-20(26-32-21)17-8-6-15(7-9-17)13-28-14-18(25-27-28)16-10-11-16/h6-9,14,16,19H,4-5,10-13H2,1-3H3/t19-/m0/s1. The molecule has 1 amide bonds. The summed E-state index contributed by atoms with van der Waals surface area (Å²) in [5.74, 6) is 1.56. The molecular formula is C23H28N6O3. The molecule has 0 radical (unpaired) electrons. The van der Waals surface area contributed by atoms with Gasteiger partial charge < -0.3 is 9.26 Å². The minimum Gasteiger partial charge on any atom is -0.444 e. The van der Waals surface area contributed by atoms with E-state index < -0.39 is 5.60 Å². The number of benzene rings is 1. The lowest BCUT2D eigenvalue weighted by Crippen LogP contribution is -2.36. The molecule has 1 atom stereocenters. The Labute approximate surface area is 186 Å². The highest BCUT2D eigenvalue weighted by Gasteiger charge is 2.36. The largest absolute Gasteiger partial charge is 0.444 e. The summed E-state index contributed by atoms with van der Waals surface area (Å²) in [4.78, 5) is 18.8. The van der Waals surface area contributed by atoms with Gasteiger partial charge in [0.2, 0.25) is 11.7 Å². The van der Waals surface area contributed by atoms with Gasteiger partial charge in [-0.2, -0.15) is 4.98 Å². The second-order valence-electron chi connectivity index (χ2n) is 9.60. The number of aromatic nitrogens is 5. The molecule has 9 nitrogen and oxygen atoms in total. The van der Waals surface area contributed by atoms with Crippen LogP contribution in [0.1, 0.15) is 75.6 Å². The van der Waals surface area contributed by atoms with Gasteiger partial charge in [0.15, 0.2) is 0 Å². The van der Waals surface area contributed by atoms with E-state index in [4.69, 9.17) is 9.26 Å². The van der Waals surface area contributed by atoms with E-state index in [2.05, 4.69) is 20.5 Å². The minimum absolute atomic E-state index is 0.252. The molecule has 3 heterocycles. The minimum atomic E-state index is -0.544. The smallest absolute Gasteiger partial charge is 0.410 e. The predicted octanol–water partition coefficient (Wildman–Crippen LogP) is 4.33. The van der Waals surface area contributed by atoms with E-state index >= 15 is 0 Å². The lowest BCUT2D eigenvalue weighted by Gasteiger charge is -2.26. The van der Waals surface area contributed by atoms with E-state index in [1.54, 1.807) is 4.90 Å². The molecule has 2 aliphatic rings. The molecule has 32 heavy (non-hydrogen) atoms. The Morgan fingerprint density at radius 3 is 2.69 bits per heavy atom. The van der Waals surface area contributed by atoms with Gasteiger partial charge in [0, 0.05) is 24.2 Å². The SMILES string of the molecule is CC(C)(C)OC(=O)N1CCC[C@H]1c1nc(-c2ccc(Cn3cc(C4CC4)nn3)cc2)no1. The van der Waals surface area contributed by atoms with Crippen molar-refractivity contribution >= 4 is 6.09 Å². The molecule has 2 fully saturated rings. The van der Waals surface area contributed by atoms with Crippen molar-refractivity contribution in [2.45, 2.75) is 70.6 Å². The topological polar surface area (TPSA) is 99.2 Å². The molecule has 2 aromatic heterocycles. The zero-order valence-corrected chi connectivity index (χ0v) is 18.7. The number of likely N-dealkylation sites (tertiary alicyclic amines) is 1. The molecule has 0 N–H and O–H groups in total. The van der Waals surface area contributed by atoms with Crippen LogP contribution in [0.5, 0.6) is 0 Å². The Bertz CT molecular complexity index is 1090.